The van der Waals surface area contributed by atoms with Crippen LogP contribution in [-0.2, 0) is 22.2 Å². The largest absolute Gasteiger partial charge is 0.416 e. The first-order valence-electron chi connectivity index (χ1n) is 11.5. The maximum atomic E-state index is 12.9. The maximum Gasteiger partial charge on any atom is 0.416 e. The molecule has 0 aliphatic rings. The SMILES string of the molecule is Cc1ccc(CCNC(C(NC(=O)CNC(=O)c2cccc(C(F)(F)F)c2)C(N)=O)C(C)(C)C)cc1. The van der Waals surface area contributed by atoms with E-state index in [2.05, 4.69) is 16.0 Å². The highest BCUT2D eigenvalue weighted by Gasteiger charge is 2.36. The number of carbonyl (C=O) groups excluding carboxylic acids is 3. The van der Waals surface area contributed by atoms with Crippen molar-refractivity contribution >= 4 is 17.7 Å². The van der Waals surface area contributed by atoms with Gasteiger partial charge in [0.2, 0.25) is 11.8 Å². The lowest BCUT2D eigenvalue weighted by Gasteiger charge is -2.37. The standard InChI is InChI=1S/C26H33F3N4O3/c1-16-8-10-17(11-9-16)12-13-31-22(25(2,3)4)21(23(30)35)33-20(34)15-32-24(36)18-6-5-7-19(14-18)26(27,28)29/h5-11,14,21-22,31H,12-13,15H2,1-4H3,(H2,30,35)(H,32,36)(H,33,34). The Morgan fingerprint density at radius 3 is 2.19 bits per heavy atom. The molecule has 2 unspecified atom stereocenters. The van der Waals surface area contributed by atoms with E-state index in [0.29, 0.717) is 19.0 Å². The number of aryl methyl sites for hydroxylation is 1. The van der Waals surface area contributed by atoms with Gasteiger partial charge < -0.3 is 21.7 Å². The molecule has 0 saturated carbocycles. The number of halogens is 3. The lowest BCUT2D eigenvalue weighted by atomic mass is 9.81. The molecule has 0 aliphatic heterocycles. The molecule has 0 aliphatic carbocycles. The van der Waals surface area contributed by atoms with Crippen LogP contribution in [0, 0.1) is 12.3 Å². The van der Waals surface area contributed by atoms with Gasteiger partial charge >= 0.3 is 6.18 Å². The van der Waals surface area contributed by atoms with E-state index < -0.39 is 53.5 Å². The molecule has 10 heteroatoms. The zero-order valence-corrected chi connectivity index (χ0v) is 20.8. The zero-order chi connectivity index (χ0) is 27.1. The van der Waals surface area contributed by atoms with Crippen LogP contribution in [0.15, 0.2) is 48.5 Å². The van der Waals surface area contributed by atoms with Crippen LogP contribution in [0.1, 0.15) is 47.8 Å². The number of hydrogen-bond donors (Lipinski definition) is 4. The van der Waals surface area contributed by atoms with Gasteiger partial charge in [0, 0.05) is 11.6 Å². The molecular formula is C26H33F3N4O3. The van der Waals surface area contributed by atoms with Crippen molar-refractivity contribution in [3.8, 4) is 0 Å². The molecule has 2 rings (SSSR count). The van der Waals surface area contributed by atoms with Crippen molar-refractivity contribution in [2.75, 3.05) is 13.1 Å². The summed E-state index contributed by atoms with van der Waals surface area (Å²) in [5.74, 6) is -2.31. The molecule has 0 heterocycles. The number of hydrogen-bond acceptors (Lipinski definition) is 4. The van der Waals surface area contributed by atoms with Gasteiger partial charge in [0.15, 0.2) is 0 Å². The van der Waals surface area contributed by atoms with Gasteiger partial charge in [-0.15, -0.1) is 0 Å². The Morgan fingerprint density at radius 1 is 1.00 bits per heavy atom. The summed E-state index contributed by atoms with van der Waals surface area (Å²) in [7, 11) is 0. The van der Waals surface area contributed by atoms with E-state index in [1.165, 1.54) is 6.07 Å². The van der Waals surface area contributed by atoms with Gasteiger partial charge in [-0.05, 0) is 49.1 Å². The van der Waals surface area contributed by atoms with Crippen molar-refractivity contribution in [3.05, 3.63) is 70.8 Å². The normalized spacial score (nSPS) is 13.5. The summed E-state index contributed by atoms with van der Waals surface area (Å²) in [6.45, 7) is 7.67. The van der Waals surface area contributed by atoms with E-state index in [9.17, 15) is 27.6 Å². The number of carbonyl (C=O) groups is 3. The van der Waals surface area contributed by atoms with Crippen LogP contribution in [0.25, 0.3) is 0 Å². The van der Waals surface area contributed by atoms with Gasteiger partial charge in [0.1, 0.15) is 6.04 Å². The van der Waals surface area contributed by atoms with E-state index >= 15 is 0 Å². The summed E-state index contributed by atoms with van der Waals surface area (Å²) in [5, 5.41) is 8.14. The van der Waals surface area contributed by atoms with Gasteiger partial charge in [-0.3, -0.25) is 14.4 Å². The highest BCUT2D eigenvalue weighted by atomic mass is 19.4. The Kier molecular flexibility index (Phi) is 9.63. The number of amides is 3. The predicted octanol–water partition coefficient (Wildman–Crippen LogP) is 2.96. The third-order valence-electron chi connectivity index (χ3n) is 5.65. The lowest BCUT2D eigenvalue weighted by molar-refractivity contribution is -0.137. The van der Waals surface area contributed by atoms with E-state index in [1.807, 2.05) is 52.0 Å². The minimum atomic E-state index is -4.60. The first-order valence-corrected chi connectivity index (χ1v) is 11.5. The van der Waals surface area contributed by atoms with Gasteiger partial charge in [-0.1, -0.05) is 56.7 Å². The second kappa shape index (κ2) is 12.0. The molecule has 5 N–H and O–H groups in total. The quantitative estimate of drug-likeness (QED) is 0.397. The first-order chi connectivity index (χ1) is 16.7. The second-order valence-corrected chi connectivity index (χ2v) is 9.74. The molecule has 0 bridgehead atoms. The Morgan fingerprint density at radius 2 is 1.64 bits per heavy atom. The highest BCUT2D eigenvalue weighted by molar-refractivity contribution is 5.97. The third kappa shape index (κ3) is 8.67. The van der Waals surface area contributed by atoms with Crippen LogP contribution < -0.4 is 21.7 Å². The Labute approximate surface area is 209 Å². The third-order valence-corrected chi connectivity index (χ3v) is 5.65. The number of alkyl halides is 3. The molecule has 0 spiro atoms. The molecular weight excluding hydrogens is 473 g/mol. The lowest BCUT2D eigenvalue weighted by Crippen LogP contribution is -2.62. The van der Waals surface area contributed by atoms with Crippen LogP contribution in [0.2, 0.25) is 0 Å². The monoisotopic (exact) mass is 506 g/mol. The van der Waals surface area contributed by atoms with E-state index in [0.717, 1.165) is 23.3 Å². The van der Waals surface area contributed by atoms with E-state index in [-0.39, 0.29) is 5.56 Å². The fraction of sp³-hybridized carbons (Fsp3) is 0.423. The van der Waals surface area contributed by atoms with E-state index in [4.69, 9.17) is 5.73 Å². The Bertz CT molecular complexity index is 1060. The maximum absolute atomic E-state index is 12.9. The predicted molar refractivity (Wildman–Crippen MR) is 131 cm³/mol. The second-order valence-electron chi connectivity index (χ2n) is 9.74. The summed E-state index contributed by atoms with van der Waals surface area (Å²) in [6, 6.07) is 10.3. The number of primary amides is 1. The van der Waals surface area contributed by atoms with Crippen LogP contribution in [-0.4, -0.2) is 42.9 Å². The molecule has 196 valence electrons. The fourth-order valence-corrected chi connectivity index (χ4v) is 3.69. The average molecular weight is 507 g/mol. The summed E-state index contributed by atoms with van der Waals surface area (Å²) in [6.07, 6.45) is -3.91. The van der Waals surface area contributed by atoms with Crippen molar-refractivity contribution < 1.29 is 27.6 Å². The molecule has 0 saturated heterocycles. The minimum absolute atomic E-state index is 0.241. The topological polar surface area (TPSA) is 113 Å². The molecule has 0 fully saturated rings. The van der Waals surface area contributed by atoms with Crippen LogP contribution in [0.4, 0.5) is 13.2 Å². The number of nitrogens with two attached hydrogens (primary N) is 1. The summed E-state index contributed by atoms with van der Waals surface area (Å²) < 4.78 is 38.7. The highest BCUT2D eigenvalue weighted by Crippen LogP contribution is 2.29. The van der Waals surface area contributed by atoms with Crippen molar-refractivity contribution in [2.24, 2.45) is 11.1 Å². The van der Waals surface area contributed by atoms with Crippen molar-refractivity contribution in [1.82, 2.24) is 16.0 Å². The van der Waals surface area contributed by atoms with Crippen molar-refractivity contribution in [3.63, 3.8) is 0 Å². The Hall–Kier alpha value is -3.40. The van der Waals surface area contributed by atoms with Gasteiger partial charge in [-0.25, -0.2) is 0 Å². The molecule has 36 heavy (non-hydrogen) atoms. The molecule has 7 nitrogen and oxygen atoms in total. The number of benzene rings is 2. The van der Waals surface area contributed by atoms with Gasteiger partial charge in [0.25, 0.3) is 5.91 Å². The fourth-order valence-electron chi connectivity index (χ4n) is 3.69. The Balaban J connectivity index is 2.01. The van der Waals surface area contributed by atoms with Crippen molar-refractivity contribution in [2.45, 2.75) is 52.4 Å². The number of nitrogens with one attached hydrogen (secondary N) is 3. The van der Waals surface area contributed by atoms with Gasteiger partial charge in [0.05, 0.1) is 12.1 Å². The molecule has 0 aromatic heterocycles. The zero-order valence-electron chi connectivity index (χ0n) is 20.8. The van der Waals surface area contributed by atoms with Crippen LogP contribution in [0.3, 0.4) is 0 Å². The van der Waals surface area contributed by atoms with Crippen LogP contribution in [0.5, 0.6) is 0 Å². The van der Waals surface area contributed by atoms with Crippen LogP contribution >= 0.6 is 0 Å². The van der Waals surface area contributed by atoms with Gasteiger partial charge in [-0.2, -0.15) is 13.2 Å². The summed E-state index contributed by atoms with van der Waals surface area (Å²) in [4.78, 5) is 37.1. The average Bonchev–Trinajstić information content (AvgIpc) is 2.79. The smallest absolute Gasteiger partial charge is 0.368 e. The molecule has 3 amide bonds. The molecule has 2 atom stereocenters. The molecule has 0 radical (unpaired) electrons. The number of rotatable bonds is 10. The molecule has 2 aromatic rings. The summed E-state index contributed by atoms with van der Waals surface area (Å²) >= 11 is 0. The first kappa shape index (κ1) is 28.8. The van der Waals surface area contributed by atoms with E-state index in [1.54, 1.807) is 0 Å². The van der Waals surface area contributed by atoms with Crippen molar-refractivity contribution in [1.29, 1.82) is 0 Å². The molecule has 2 aromatic carbocycles. The minimum Gasteiger partial charge on any atom is -0.368 e. The summed E-state index contributed by atoms with van der Waals surface area (Å²) in [5.41, 5.74) is 6.17.